The van der Waals surface area contributed by atoms with E-state index in [0.29, 0.717) is 18.1 Å². The van der Waals surface area contributed by atoms with E-state index in [1.807, 2.05) is 29.2 Å². The molecule has 0 saturated carbocycles. The van der Waals surface area contributed by atoms with Gasteiger partial charge in [-0.1, -0.05) is 18.2 Å². The molecule has 1 aromatic carbocycles. The van der Waals surface area contributed by atoms with Crippen molar-refractivity contribution in [2.45, 2.75) is 18.9 Å². The van der Waals surface area contributed by atoms with Crippen LogP contribution in [0.2, 0.25) is 0 Å². The molecule has 1 fully saturated rings. The van der Waals surface area contributed by atoms with Crippen LogP contribution in [0, 0.1) is 0 Å². The molecule has 2 aliphatic heterocycles. The van der Waals surface area contributed by atoms with Gasteiger partial charge in [-0.3, -0.25) is 14.5 Å². The second-order valence-electron chi connectivity index (χ2n) is 6.58. The Morgan fingerprint density at radius 1 is 1.30 bits per heavy atom. The van der Waals surface area contributed by atoms with Crippen molar-refractivity contribution in [2.24, 2.45) is 0 Å². The highest BCUT2D eigenvalue weighted by Crippen LogP contribution is 2.37. The summed E-state index contributed by atoms with van der Waals surface area (Å²) in [5.41, 5.74) is 0.998. The summed E-state index contributed by atoms with van der Waals surface area (Å²) in [5.74, 6) is 1.33. The van der Waals surface area contributed by atoms with Crippen LogP contribution in [0.1, 0.15) is 24.4 Å². The van der Waals surface area contributed by atoms with Crippen LogP contribution in [-0.4, -0.2) is 48.5 Å². The summed E-state index contributed by atoms with van der Waals surface area (Å²) in [6.07, 6.45) is 3.38. The van der Waals surface area contributed by atoms with Gasteiger partial charge < -0.3 is 14.4 Å². The van der Waals surface area contributed by atoms with Crippen LogP contribution in [0.3, 0.4) is 0 Å². The van der Waals surface area contributed by atoms with Gasteiger partial charge in [0.15, 0.2) is 18.2 Å². The monoisotopic (exact) mass is 367 g/mol. The average molecular weight is 367 g/mol. The number of carbonyl (C=O) groups excluding carboxylic acids is 2. The Labute approximate surface area is 157 Å². The van der Waals surface area contributed by atoms with E-state index in [1.54, 1.807) is 25.4 Å². The second kappa shape index (κ2) is 7.26. The second-order valence-corrected chi connectivity index (χ2v) is 6.58. The molecule has 4 rings (SSSR count). The smallest absolute Gasteiger partial charge is 0.266 e. The molecule has 3 heterocycles. The summed E-state index contributed by atoms with van der Waals surface area (Å²) in [7, 11) is 1.63. The maximum absolute atomic E-state index is 13.1. The molecular weight excluding hydrogens is 346 g/mol. The lowest BCUT2D eigenvalue weighted by Crippen LogP contribution is -2.46. The van der Waals surface area contributed by atoms with Crippen LogP contribution in [0.15, 0.2) is 42.6 Å². The largest absolute Gasteiger partial charge is 0.496 e. The highest BCUT2D eigenvalue weighted by Gasteiger charge is 2.35. The van der Waals surface area contributed by atoms with E-state index in [0.717, 1.165) is 24.2 Å². The standard InChI is InChI=1S/C20H21N3O4/c1-26-16-8-3-2-6-14(16)15-7-5-11-22(15)18(24)12-23-19(25)13-27-17-9-4-10-21-20(17)23/h2-4,6,8-10,15H,5,7,11-13H2,1H3. The topological polar surface area (TPSA) is 72.0 Å². The summed E-state index contributed by atoms with van der Waals surface area (Å²) in [4.78, 5) is 32.9. The summed E-state index contributed by atoms with van der Waals surface area (Å²) >= 11 is 0. The van der Waals surface area contributed by atoms with Gasteiger partial charge >= 0.3 is 0 Å². The lowest BCUT2D eigenvalue weighted by Gasteiger charge is -2.31. The molecule has 0 N–H and O–H groups in total. The van der Waals surface area contributed by atoms with Gasteiger partial charge in [0.25, 0.3) is 5.91 Å². The Morgan fingerprint density at radius 2 is 2.15 bits per heavy atom. The minimum atomic E-state index is -0.261. The van der Waals surface area contributed by atoms with Gasteiger partial charge in [-0.05, 0) is 31.0 Å². The van der Waals surface area contributed by atoms with Gasteiger partial charge in [0, 0.05) is 18.3 Å². The molecule has 27 heavy (non-hydrogen) atoms. The number of rotatable bonds is 4. The first-order chi connectivity index (χ1) is 13.2. The van der Waals surface area contributed by atoms with E-state index in [-0.39, 0.29) is 31.0 Å². The molecule has 7 heteroatoms. The van der Waals surface area contributed by atoms with E-state index >= 15 is 0 Å². The molecule has 2 aliphatic rings. The van der Waals surface area contributed by atoms with Crippen LogP contribution >= 0.6 is 0 Å². The van der Waals surface area contributed by atoms with Crippen molar-refractivity contribution < 1.29 is 19.1 Å². The third-order valence-corrected chi connectivity index (χ3v) is 5.02. The van der Waals surface area contributed by atoms with Crippen molar-refractivity contribution in [3.63, 3.8) is 0 Å². The van der Waals surface area contributed by atoms with Crippen molar-refractivity contribution in [1.82, 2.24) is 9.88 Å². The summed E-state index contributed by atoms with van der Waals surface area (Å²) < 4.78 is 10.9. The molecule has 0 radical (unpaired) electrons. The Hall–Kier alpha value is -3.09. The zero-order valence-corrected chi connectivity index (χ0v) is 15.1. The average Bonchev–Trinajstić information content (AvgIpc) is 3.20. The van der Waals surface area contributed by atoms with Crippen molar-refractivity contribution >= 4 is 17.6 Å². The van der Waals surface area contributed by atoms with Gasteiger partial charge in [-0.25, -0.2) is 4.98 Å². The molecule has 2 aromatic rings. The van der Waals surface area contributed by atoms with Crippen LogP contribution in [0.5, 0.6) is 11.5 Å². The van der Waals surface area contributed by atoms with Gasteiger partial charge in [0.1, 0.15) is 12.3 Å². The Bertz CT molecular complexity index is 870. The van der Waals surface area contributed by atoms with Gasteiger partial charge in [0.05, 0.1) is 13.2 Å². The first-order valence-electron chi connectivity index (χ1n) is 8.99. The molecule has 0 spiro atoms. The fraction of sp³-hybridized carbons (Fsp3) is 0.350. The van der Waals surface area contributed by atoms with Crippen LogP contribution in [0.25, 0.3) is 0 Å². The Balaban J connectivity index is 1.57. The first kappa shape index (κ1) is 17.3. The zero-order chi connectivity index (χ0) is 18.8. The van der Waals surface area contributed by atoms with Crippen LogP contribution in [0.4, 0.5) is 5.82 Å². The van der Waals surface area contributed by atoms with E-state index in [4.69, 9.17) is 9.47 Å². The number of benzene rings is 1. The minimum Gasteiger partial charge on any atom is -0.496 e. The highest BCUT2D eigenvalue weighted by molar-refractivity contribution is 6.01. The van der Waals surface area contributed by atoms with E-state index in [1.165, 1.54) is 4.90 Å². The highest BCUT2D eigenvalue weighted by atomic mass is 16.5. The molecule has 7 nitrogen and oxygen atoms in total. The fourth-order valence-electron chi connectivity index (χ4n) is 3.75. The summed E-state index contributed by atoms with van der Waals surface area (Å²) in [6, 6.07) is 11.2. The van der Waals surface area contributed by atoms with E-state index in [9.17, 15) is 9.59 Å². The number of hydrogen-bond donors (Lipinski definition) is 0. The number of ether oxygens (including phenoxy) is 2. The zero-order valence-electron chi connectivity index (χ0n) is 15.1. The molecule has 1 unspecified atom stereocenters. The number of likely N-dealkylation sites (tertiary alicyclic amines) is 1. The third-order valence-electron chi connectivity index (χ3n) is 5.02. The fourth-order valence-corrected chi connectivity index (χ4v) is 3.75. The minimum absolute atomic E-state index is 0.0438. The number of para-hydroxylation sites is 1. The lowest BCUT2D eigenvalue weighted by atomic mass is 10.0. The number of pyridine rings is 1. The van der Waals surface area contributed by atoms with Crippen molar-refractivity contribution in [2.75, 3.05) is 31.7 Å². The first-order valence-corrected chi connectivity index (χ1v) is 8.99. The van der Waals surface area contributed by atoms with Gasteiger partial charge in [0.2, 0.25) is 5.91 Å². The Morgan fingerprint density at radius 3 is 3.00 bits per heavy atom. The maximum atomic E-state index is 13.1. The normalized spacial score (nSPS) is 18.9. The molecule has 0 bridgehead atoms. The molecule has 1 saturated heterocycles. The lowest BCUT2D eigenvalue weighted by molar-refractivity contribution is -0.132. The van der Waals surface area contributed by atoms with Crippen LogP contribution in [-0.2, 0) is 9.59 Å². The van der Waals surface area contributed by atoms with Crippen LogP contribution < -0.4 is 14.4 Å². The molecule has 0 aliphatic carbocycles. The van der Waals surface area contributed by atoms with Crippen molar-refractivity contribution in [3.8, 4) is 11.5 Å². The SMILES string of the molecule is COc1ccccc1C1CCCN1C(=O)CN1C(=O)COc2cccnc21. The Kier molecular flexibility index (Phi) is 4.66. The maximum Gasteiger partial charge on any atom is 0.266 e. The molecular formula is C20H21N3O4. The summed E-state index contributed by atoms with van der Waals surface area (Å²) in [6.45, 7) is 0.537. The number of aromatic nitrogens is 1. The molecule has 2 amide bonds. The third kappa shape index (κ3) is 3.20. The molecule has 140 valence electrons. The van der Waals surface area contributed by atoms with E-state index < -0.39 is 0 Å². The van der Waals surface area contributed by atoms with Crippen molar-refractivity contribution in [3.05, 3.63) is 48.2 Å². The number of hydrogen-bond acceptors (Lipinski definition) is 5. The molecule has 1 aromatic heterocycles. The predicted octanol–water partition coefficient (Wildman–Crippen LogP) is 2.18. The number of methoxy groups -OCH3 is 1. The molecule has 1 atom stereocenters. The van der Waals surface area contributed by atoms with E-state index in [2.05, 4.69) is 4.98 Å². The summed E-state index contributed by atoms with van der Waals surface area (Å²) in [5, 5.41) is 0. The van der Waals surface area contributed by atoms with Crippen molar-refractivity contribution in [1.29, 1.82) is 0 Å². The number of nitrogens with zero attached hydrogens (tertiary/aromatic N) is 3. The number of amides is 2. The van der Waals surface area contributed by atoms with Gasteiger partial charge in [-0.2, -0.15) is 0 Å². The number of anilines is 1. The van der Waals surface area contributed by atoms with Gasteiger partial charge in [-0.15, -0.1) is 0 Å². The quantitative estimate of drug-likeness (QED) is 0.828. The number of fused-ring (bicyclic) bond motifs is 1. The number of carbonyl (C=O) groups is 2. The predicted molar refractivity (Wildman–Crippen MR) is 98.8 cm³/mol.